The Balaban J connectivity index is 2.11. The molecule has 0 spiro atoms. The molecule has 3 atom stereocenters. The van der Waals surface area contributed by atoms with Gasteiger partial charge in [0.25, 0.3) is 0 Å². The molecule has 4 heteroatoms. The molecule has 0 saturated carbocycles. The zero-order valence-electron chi connectivity index (χ0n) is 10.8. The lowest BCUT2D eigenvalue weighted by atomic mass is 9.81. The Bertz CT molecular complexity index is 364. The molecular formula is C14H21NO3. The molecule has 2 rings (SSSR count). The van der Waals surface area contributed by atoms with Crippen molar-refractivity contribution in [3.63, 3.8) is 0 Å². The van der Waals surface area contributed by atoms with Crippen LogP contribution in [0.5, 0.6) is 0 Å². The van der Waals surface area contributed by atoms with E-state index in [2.05, 4.69) is 6.92 Å². The fourth-order valence-corrected chi connectivity index (χ4v) is 3.00. The van der Waals surface area contributed by atoms with E-state index in [-0.39, 0.29) is 17.9 Å². The van der Waals surface area contributed by atoms with Gasteiger partial charge in [-0.05, 0) is 39.0 Å². The molecule has 18 heavy (non-hydrogen) atoms. The zero-order chi connectivity index (χ0) is 13.1. The summed E-state index contributed by atoms with van der Waals surface area (Å²) >= 11 is 0. The van der Waals surface area contributed by atoms with Crippen LogP contribution in [0.1, 0.15) is 39.0 Å². The number of hydrogen-bond donors (Lipinski definition) is 1. The molecule has 1 aliphatic heterocycles. The summed E-state index contributed by atoms with van der Waals surface area (Å²) in [6, 6.07) is 0.256. The number of piperidine rings is 1. The number of aliphatic carboxylic acids is 1. The maximum atomic E-state index is 12.5. The van der Waals surface area contributed by atoms with E-state index in [1.54, 1.807) is 0 Å². The number of likely N-dealkylation sites (tertiary alicyclic amines) is 1. The van der Waals surface area contributed by atoms with Crippen LogP contribution in [0.4, 0.5) is 0 Å². The van der Waals surface area contributed by atoms with Gasteiger partial charge in [0.1, 0.15) is 0 Å². The van der Waals surface area contributed by atoms with Gasteiger partial charge >= 0.3 is 5.97 Å². The number of carboxylic acid groups (broad SMARTS) is 1. The first kappa shape index (κ1) is 13.1. The average Bonchev–Trinajstić information content (AvgIpc) is 2.38. The van der Waals surface area contributed by atoms with E-state index >= 15 is 0 Å². The van der Waals surface area contributed by atoms with Gasteiger partial charge in [0.2, 0.25) is 5.91 Å². The number of carboxylic acids is 1. The maximum absolute atomic E-state index is 12.5. The highest BCUT2D eigenvalue weighted by Crippen LogP contribution is 2.30. The number of carbonyl (C=O) groups is 2. The summed E-state index contributed by atoms with van der Waals surface area (Å²) in [6.45, 7) is 2.85. The van der Waals surface area contributed by atoms with Gasteiger partial charge in [0, 0.05) is 12.6 Å². The van der Waals surface area contributed by atoms with E-state index in [1.165, 1.54) is 0 Å². The van der Waals surface area contributed by atoms with Gasteiger partial charge < -0.3 is 10.0 Å². The van der Waals surface area contributed by atoms with Crippen LogP contribution in [0.2, 0.25) is 0 Å². The van der Waals surface area contributed by atoms with Gasteiger partial charge in [-0.3, -0.25) is 9.59 Å². The normalized spacial score (nSPS) is 32.3. The van der Waals surface area contributed by atoms with Crippen molar-refractivity contribution in [2.75, 3.05) is 6.54 Å². The van der Waals surface area contributed by atoms with E-state index < -0.39 is 11.9 Å². The largest absolute Gasteiger partial charge is 0.481 e. The third kappa shape index (κ3) is 2.57. The Morgan fingerprint density at radius 3 is 2.44 bits per heavy atom. The number of hydrogen-bond acceptors (Lipinski definition) is 2. The van der Waals surface area contributed by atoms with Crippen LogP contribution in [0, 0.1) is 11.8 Å². The van der Waals surface area contributed by atoms with Gasteiger partial charge in [-0.1, -0.05) is 12.2 Å². The Kier molecular flexibility index (Phi) is 4.04. The quantitative estimate of drug-likeness (QED) is 0.764. The summed E-state index contributed by atoms with van der Waals surface area (Å²) in [7, 11) is 0. The summed E-state index contributed by atoms with van der Waals surface area (Å²) in [5.41, 5.74) is 0. The summed E-state index contributed by atoms with van der Waals surface area (Å²) < 4.78 is 0. The monoisotopic (exact) mass is 251 g/mol. The van der Waals surface area contributed by atoms with Crippen molar-refractivity contribution in [2.24, 2.45) is 11.8 Å². The van der Waals surface area contributed by atoms with Crippen LogP contribution in [-0.4, -0.2) is 34.5 Å². The van der Waals surface area contributed by atoms with Crippen molar-refractivity contribution >= 4 is 11.9 Å². The molecule has 0 aromatic carbocycles. The molecule has 1 saturated heterocycles. The molecule has 0 aromatic rings. The van der Waals surface area contributed by atoms with Gasteiger partial charge in [0.05, 0.1) is 11.8 Å². The second kappa shape index (κ2) is 5.55. The van der Waals surface area contributed by atoms with Crippen LogP contribution >= 0.6 is 0 Å². The third-order valence-corrected chi connectivity index (χ3v) is 4.15. The lowest BCUT2D eigenvalue weighted by molar-refractivity contribution is -0.152. The molecule has 0 radical (unpaired) electrons. The highest BCUT2D eigenvalue weighted by atomic mass is 16.4. The van der Waals surface area contributed by atoms with E-state index in [0.29, 0.717) is 12.8 Å². The molecule has 100 valence electrons. The Hall–Kier alpha value is -1.32. The molecule has 1 aliphatic carbocycles. The SMILES string of the molecule is C[C@@H]1CCCCN1C(=O)[C@H]1CC=CC[C@@H]1C(=O)O. The molecule has 1 N–H and O–H groups in total. The topological polar surface area (TPSA) is 57.6 Å². The fraction of sp³-hybridized carbons (Fsp3) is 0.714. The smallest absolute Gasteiger partial charge is 0.307 e. The molecule has 4 nitrogen and oxygen atoms in total. The second-order valence-corrected chi connectivity index (χ2v) is 5.37. The van der Waals surface area contributed by atoms with E-state index in [9.17, 15) is 14.7 Å². The average molecular weight is 251 g/mol. The molecule has 0 aromatic heterocycles. The predicted octanol–water partition coefficient (Wildman–Crippen LogP) is 2.05. The van der Waals surface area contributed by atoms with Gasteiger partial charge in [0.15, 0.2) is 0 Å². The first-order valence-electron chi connectivity index (χ1n) is 6.79. The number of carbonyl (C=O) groups excluding carboxylic acids is 1. The van der Waals surface area contributed by atoms with Crippen LogP contribution in [-0.2, 0) is 9.59 Å². The summed E-state index contributed by atoms with van der Waals surface area (Å²) in [5, 5.41) is 9.22. The molecular weight excluding hydrogens is 230 g/mol. The van der Waals surface area contributed by atoms with Crippen molar-refractivity contribution in [3.05, 3.63) is 12.2 Å². The lowest BCUT2D eigenvalue weighted by Gasteiger charge is -2.37. The third-order valence-electron chi connectivity index (χ3n) is 4.15. The Morgan fingerprint density at radius 1 is 1.17 bits per heavy atom. The number of allylic oxidation sites excluding steroid dienone is 2. The minimum atomic E-state index is -0.845. The minimum absolute atomic E-state index is 0.0407. The van der Waals surface area contributed by atoms with Crippen molar-refractivity contribution in [2.45, 2.75) is 45.1 Å². The van der Waals surface area contributed by atoms with Crippen LogP contribution in [0.15, 0.2) is 12.2 Å². The van der Waals surface area contributed by atoms with Gasteiger partial charge in [-0.25, -0.2) is 0 Å². The fourth-order valence-electron chi connectivity index (χ4n) is 3.00. The van der Waals surface area contributed by atoms with E-state index in [1.807, 2.05) is 17.1 Å². The summed E-state index contributed by atoms with van der Waals surface area (Å²) in [6.07, 6.45) is 8.10. The van der Waals surface area contributed by atoms with Crippen LogP contribution in [0.25, 0.3) is 0 Å². The van der Waals surface area contributed by atoms with E-state index in [4.69, 9.17) is 0 Å². The standard InChI is InChI=1S/C14H21NO3/c1-10-6-4-5-9-15(10)13(16)11-7-2-3-8-12(11)14(17)18/h2-3,10-12H,4-9H2,1H3,(H,17,18)/t10-,11+,12+/m1/s1. The van der Waals surface area contributed by atoms with Gasteiger partial charge in [-0.2, -0.15) is 0 Å². The highest BCUT2D eigenvalue weighted by molar-refractivity contribution is 5.85. The maximum Gasteiger partial charge on any atom is 0.307 e. The highest BCUT2D eigenvalue weighted by Gasteiger charge is 2.37. The van der Waals surface area contributed by atoms with Crippen molar-refractivity contribution in [1.82, 2.24) is 4.90 Å². The number of rotatable bonds is 2. The number of amides is 1. The zero-order valence-corrected chi connectivity index (χ0v) is 10.8. The van der Waals surface area contributed by atoms with Crippen molar-refractivity contribution in [3.8, 4) is 0 Å². The van der Waals surface area contributed by atoms with Crippen molar-refractivity contribution < 1.29 is 14.7 Å². The van der Waals surface area contributed by atoms with Gasteiger partial charge in [-0.15, -0.1) is 0 Å². The van der Waals surface area contributed by atoms with Crippen LogP contribution < -0.4 is 0 Å². The predicted molar refractivity (Wildman–Crippen MR) is 68.0 cm³/mol. The molecule has 0 bridgehead atoms. The molecule has 0 unspecified atom stereocenters. The molecule has 2 aliphatic rings. The summed E-state index contributed by atoms with van der Waals surface area (Å²) in [5.74, 6) is -1.72. The molecule has 1 amide bonds. The number of nitrogens with zero attached hydrogens (tertiary/aromatic N) is 1. The van der Waals surface area contributed by atoms with Crippen molar-refractivity contribution in [1.29, 1.82) is 0 Å². The first-order valence-corrected chi connectivity index (χ1v) is 6.79. The Labute approximate surface area is 108 Å². The molecule has 1 fully saturated rings. The summed E-state index contributed by atoms with van der Waals surface area (Å²) in [4.78, 5) is 25.6. The second-order valence-electron chi connectivity index (χ2n) is 5.37. The minimum Gasteiger partial charge on any atom is -0.481 e. The Morgan fingerprint density at radius 2 is 1.83 bits per heavy atom. The lowest BCUT2D eigenvalue weighted by Crippen LogP contribution is -2.47. The molecule has 1 heterocycles. The van der Waals surface area contributed by atoms with Crippen LogP contribution in [0.3, 0.4) is 0 Å². The van der Waals surface area contributed by atoms with E-state index in [0.717, 1.165) is 25.8 Å². The first-order chi connectivity index (χ1) is 8.61.